The number of carbonyl (C=O) groups excluding carboxylic acids is 1. The fourth-order valence-corrected chi connectivity index (χ4v) is 0.868. The van der Waals surface area contributed by atoms with E-state index in [2.05, 4.69) is 18.1 Å². The highest BCUT2D eigenvalue weighted by Gasteiger charge is 2.10. The SMILES string of the molecule is C=C.CC.CN1CCC(=O)CC1. The maximum absolute atomic E-state index is 10.6. The molecule has 1 rings (SSSR count). The summed E-state index contributed by atoms with van der Waals surface area (Å²) in [5.41, 5.74) is 0. The van der Waals surface area contributed by atoms with Gasteiger partial charge in [-0.1, -0.05) is 13.8 Å². The number of hydrogen-bond donors (Lipinski definition) is 0. The van der Waals surface area contributed by atoms with Crippen molar-refractivity contribution in [2.45, 2.75) is 26.7 Å². The lowest BCUT2D eigenvalue weighted by Crippen LogP contribution is -2.29. The lowest BCUT2D eigenvalue weighted by Gasteiger charge is -2.19. The molecule has 0 aliphatic carbocycles. The molecule has 72 valence electrons. The number of piperidine rings is 1. The number of nitrogens with zero attached hydrogens (tertiary/aromatic N) is 1. The first kappa shape index (κ1) is 13.9. The molecular formula is C10H21NO. The lowest BCUT2D eigenvalue weighted by atomic mass is 10.1. The molecule has 1 heterocycles. The molecule has 1 saturated heterocycles. The summed E-state index contributed by atoms with van der Waals surface area (Å²) in [6, 6.07) is 0. The van der Waals surface area contributed by atoms with Crippen molar-refractivity contribution in [3.63, 3.8) is 0 Å². The number of Topliss-reactive ketones (excluding diaryl/α,β-unsaturated/α-hetero) is 1. The summed E-state index contributed by atoms with van der Waals surface area (Å²) in [6.45, 7) is 11.9. The molecule has 0 aromatic heterocycles. The second-order valence-corrected chi connectivity index (χ2v) is 2.34. The number of ketones is 1. The number of likely N-dealkylation sites (tertiary alicyclic amines) is 1. The predicted octanol–water partition coefficient (Wildman–Crippen LogP) is 2.11. The van der Waals surface area contributed by atoms with E-state index in [1.807, 2.05) is 20.9 Å². The van der Waals surface area contributed by atoms with Gasteiger partial charge in [-0.25, -0.2) is 0 Å². The van der Waals surface area contributed by atoms with Crippen molar-refractivity contribution < 1.29 is 4.79 Å². The van der Waals surface area contributed by atoms with Crippen LogP contribution in [0.2, 0.25) is 0 Å². The molecule has 2 nitrogen and oxygen atoms in total. The van der Waals surface area contributed by atoms with Crippen LogP contribution in [-0.2, 0) is 4.79 Å². The highest BCUT2D eigenvalue weighted by Crippen LogP contribution is 2.01. The van der Waals surface area contributed by atoms with Gasteiger partial charge in [0.15, 0.2) is 0 Å². The Hall–Kier alpha value is -0.630. The van der Waals surface area contributed by atoms with Gasteiger partial charge in [0.1, 0.15) is 5.78 Å². The van der Waals surface area contributed by atoms with E-state index in [9.17, 15) is 4.79 Å². The Kier molecular flexibility index (Phi) is 12.0. The van der Waals surface area contributed by atoms with Gasteiger partial charge in [0.25, 0.3) is 0 Å². The molecular weight excluding hydrogens is 150 g/mol. The Morgan fingerprint density at radius 1 is 1.17 bits per heavy atom. The van der Waals surface area contributed by atoms with Gasteiger partial charge in [-0.05, 0) is 7.05 Å². The fourth-order valence-electron chi connectivity index (χ4n) is 0.868. The largest absolute Gasteiger partial charge is 0.305 e. The maximum atomic E-state index is 10.6. The molecule has 1 aliphatic rings. The maximum Gasteiger partial charge on any atom is 0.135 e. The molecule has 1 fully saturated rings. The van der Waals surface area contributed by atoms with E-state index in [0.717, 1.165) is 25.9 Å². The molecule has 0 spiro atoms. The summed E-state index contributed by atoms with van der Waals surface area (Å²) in [7, 11) is 2.05. The van der Waals surface area contributed by atoms with E-state index < -0.39 is 0 Å². The second-order valence-electron chi connectivity index (χ2n) is 2.34. The van der Waals surface area contributed by atoms with Gasteiger partial charge in [0, 0.05) is 25.9 Å². The van der Waals surface area contributed by atoms with Crippen molar-refractivity contribution in [1.29, 1.82) is 0 Å². The Balaban J connectivity index is 0. The third-order valence-electron chi connectivity index (χ3n) is 1.54. The molecule has 0 bridgehead atoms. The lowest BCUT2D eigenvalue weighted by molar-refractivity contribution is -0.121. The summed E-state index contributed by atoms with van der Waals surface area (Å²) in [6.07, 6.45) is 1.52. The molecule has 0 unspecified atom stereocenters. The normalized spacial score (nSPS) is 16.8. The van der Waals surface area contributed by atoms with E-state index >= 15 is 0 Å². The van der Waals surface area contributed by atoms with Crippen molar-refractivity contribution in [3.05, 3.63) is 13.2 Å². The van der Waals surface area contributed by atoms with Crippen LogP contribution in [0.4, 0.5) is 0 Å². The van der Waals surface area contributed by atoms with Crippen LogP contribution >= 0.6 is 0 Å². The molecule has 0 aromatic carbocycles. The van der Waals surface area contributed by atoms with Crippen molar-refractivity contribution in [1.82, 2.24) is 4.90 Å². The minimum Gasteiger partial charge on any atom is -0.305 e. The van der Waals surface area contributed by atoms with Gasteiger partial charge < -0.3 is 4.90 Å². The quantitative estimate of drug-likeness (QED) is 0.520. The minimum absolute atomic E-state index is 0.420. The molecule has 0 aromatic rings. The van der Waals surface area contributed by atoms with E-state index in [-0.39, 0.29) is 0 Å². The Bertz CT molecular complexity index is 102. The van der Waals surface area contributed by atoms with E-state index in [1.54, 1.807) is 0 Å². The zero-order chi connectivity index (χ0) is 9.98. The number of rotatable bonds is 0. The van der Waals surface area contributed by atoms with Crippen LogP contribution in [0.15, 0.2) is 13.2 Å². The molecule has 0 N–H and O–H groups in total. The molecule has 2 heteroatoms. The molecule has 0 radical (unpaired) electrons. The first-order valence-electron chi connectivity index (χ1n) is 4.49. The average Bonchev–Trinajstić information content (AvgIpc) is 2.17. The Labute approximate surface area is 76.3 Å². The van der Waals surface area contributed by atoms with Gasteiger partial charge in [0.2, 0.25) is 0 Å². The van der Waals surface area contributed by atoms with Gasteiger partial charge in [-0.3, -0.25) is 4.79 Å². The number of hydrogen-bond acceptors (Lipinski definition) is 2. The van der Waals surface area contributed by atoms with Gasteiger partial charge >= 0.3 is 0 Å². The highest BCUT2D eigenvalue weighted by atomic mass is 16.1. The smallest absolute Gasteiger partial charge is 0.135 e. The molecule has 12 heavy (non-hydrogen) atoms. The standard InChI is InChI=1S/C6H11NO.C2H6.C2H4/c1-7-4-2-6(8)3-5-7;2*1-2/h2-5H2,1H3;1-2H3;1-2H2. The van der Waals surface area contributed by atoms with Crippen LogP contribution in [-0.4, -0.2) is 30.8 Å². The third kappa shape index (κ3) is 7.48. The van der Waals surface area contributed by atoms with E-state index in [0.29, 0.717) is 5.78 Å². The fraction of sp³-hybridized carbons (Fsp3) is 0.700. The van der Waals surface area contributed by atoms with Crippen molar-refractivity contribution in [3.8, 4) is 0 Å². The van der Waals surface area contributed by atoms with E-state index in [4.69, 9.17) is 0 Å². The minimum atomic E-state index is 0.420. The molecule has 0 atom stereocenters. The van der Waals surface area contributed by atoms with Crippen LogP contribution in [0.3, 0.4) is 0 Å². The summed E-state index contributed by atoms with van der Waals surface area (Å²) >= 11 is 0. The first-order chi connectivity index (χ1) is 5.79. The van der Waals surface area contributed by atoms with Gasteiger partial charge in [0.05, 0.1) is 0 Å². The van der Waals surface area contributed by atoms with Gasteiger partial charge in [-0.2, -0.15) is 0 Å². The number of carbonyl (C=O) groups is 1. The zero-order valence-electron chi connectivity index (χ0n) is 8.60. The van der Waals surface area contributed by atoms with Crippen LogP contribution in [0, 0.1) is 0 Å². The molecule has 1 aliphatic heterocycles. The molecule has 0 amide bonds. The van der Waals surface area contributed by atoms with Crippen LogP contribution in [0.25, 0.3) is 0 Å². The van der Waals surface area contributed by atoms with Crippen LogP contribution in [0.5, 0.6) is 0 Å². The summed E-state index contributed by atoms with van der Waals surface area (Å²) in [5.74, 6) is 0.420. The topological polar surface area (TPSA) is 20.3 Å². The Morgan fingerprint density at radius 3 is 1.75 bits per heavy atom. The van der Waals surface area contributed by atoms with E-state index in [1.165, 1.54) is 0 Å². The van der Waals surface area contributed by atoms with Crippen LogP contribution in [0.1, 0.15) is 26.7 Å². The molecule has 0 saturated carbocycles. The average molecular weight is 171 g/mol. The summed E-state index contributed by atoms with van der Waals surface area (Å²) < 4.78 is 0. The van der Waals surface area contributed by atoms with Crippen molar-refractivity contribution in [2.24, 2.45) is 0 Å². The summed E-state index contributed by atoms with van der Waals surface area (Å²) in [5, 5.41) is 0. The zero-order valence-corrected chi connectivity index (χ0v) is 8.60. The Morgan fingerprint density at radius 2 is 1.50 bits per heavy atom. The predicted molar refractivity (Wildman–Crippen MR) is 54.3 cm³/mol. The van der Waals surface area contributed by atoms with Crippen molar-refractivity contribution in [2.75, 3.05) is 20.1 Å². The first-order valence-corrected chi connectivity index (χ1v) is 4.49. The second kappa shape index (κ2) is 10.4. The highest BCUT2D eigenvalue weighted by molar-refractivity contribution is 5.79. The monoisotopic (exact) mass is 171 g/mol. The van der Waals surface area contributed by atoms with Gasteiger partial charge in [-0.15, -0.1) is 13.2 Å². The summed E-state index contributed by atoms with van der Waals surface area (Å²) in [4.78, 5) is 12.8. The van der Waals surface area contributed by atoms with Crippen LogP contribution < -0.4 is 0 Å². The third-order valence-corrected chi connectivity index (χ3v) is 1.54. The van der Waals surface area contributed by atoms with Crippen molar-refractivity contribution >= 4 is 5.78 Å².